The Balaban J connectivity index is 1.89. The molecule has 1 aliphatic heterocycles. The fourth-order valence-electron chi connectivity index (χ4n) is 3.95. The summed E-state index contributed by atoms with van der Waals surface area (Å²) in [5.74, 6) is 1.25. The lowest BCUT2D eigenvalue weighted by Gasteiger charge is -2.21. The first-order valence-corrected chi connectivity index (χ1v) is 10.2. The third kappa shape index (κ3) is 3.67. The van der Waals surface area contributed by atoms with Crippen LogP contribution in [0.2, 0.25) is 0 Å². The number of hydrogen-bond acceptors (Lipinski definition) is 4. The highest BCUT2D eigenvalue weighted by atomic mass is 16.5. The predicted molar refractivity (Wildman–Crippen MR) is 112 cm³/mol. The Hall–Kier alpha value is -3.02. The van der Waals surface area contributed by atoms with Gasteiger partial charge in [0.1, 0.15) is 5.65 Å². The van der Waals surface area contributed by atoms with E-state index in [2.05, 4.69) is 35.8 Å². The summed E-state index contributed by atoms with van der Waals surface area (Å²) in [5.41, 5.74) is 4.93. The lowest BCUT2D eigenvalue weighted by molar-refractivity contribution is -0.121. The molecule has 0 saturated carbocycles. The van der Waals surface area contributed by atoms with Gasteiger partial charge in [0.15, 0.2) is 11.5 Å². The zero-order chi connectivity index (χ0) is 20.4. The van der Waals surface area contributed by atoms with Gasteiger partial charge in [-0.05, 0) is 31.0 Å². The van der Waals surface area contributed by atoms with Gasteiger partial charge in [0, 0.05) is 24.1 Å². The molecule has 152 valence electrons. The highest BCUT2D eigenvalue weighted by molar-refractivity contribution is 5.79. The molecular weight excluding hydrogens is 366 g/mol. The van der Waals surface area contributed by atoms with E-state index in [0.29, 0.717) is 25.3 Å². The molecule has 0 aliphatic carbocycles. The number of imidazole rings is 1. The van der Waals surface area contributed by atoms with Crippen molar-refractivity contribution >= 4 is 11.6 Å². The third-order valence-corrected chi connectivity index (χ3v) is 5.40. The molecule has 6 nitrogen and oxygen atoms in total. The van der Waals surface area contributed by atoms with Crippen LogP contribution in [0.5, 0.6) is 11.5 Å². The standard InChI is InChI=1S/C23H27N3O3/c1-4-5-11-29-23-16(7-6-8-19(23)28-3)17-12-21(27)24-13-18-22(17)26-14-15(2)9-10-20(26)25-18/h6-10,14,17H,4-5,11-13H2,1-3H3,(H,24,27). The molecule has 1 aliphatic rings. The molecule has 3 aromatic rings. The number of nitrogens with zero attached hydrogens (tertiary/aromatic N) is 2. The number of carbonyl (C=O) groups is 1. The minimum absolute atomic E-state index is 0.0109. The van der Waals surface area contributed by atoms with Gasteiger partial charge >= 0.3 is 0 Å². The maximum absolute atomic E-state index is 12.5. The smallest absolute Gasteiger partial charge is 0.221 e. The molecule has 3 heterocycles. The molecule has 1 N–H and O–H groups in total. The monoisotopic (exact) mass is 393 g/mol. The number of fused-ring (bicyclic) bond motifs is 3. The fourth-order valence-corrected chi connectivity index (χ4v) is 3.95. The van der Waals surface area contributed by atoms with E-state index in [-0.39, 0.29) is 11.8 Å². The summed E-state index contributed by atoms with van der Waals surface area (Å²) in [5, 5.41) is 2.99. The Labute approximate surface area is 170 Å². The SMILES string of the molecule is CCCCOc1c(OC)cccc1C1CC(=O)NCc2nc3ccc(C)cn3c21. The number of pyridine rings is 1. The Bertz CT molecular complexity index is 1040. The van der Waals surface area contributed by atoms with Crippen LogP contribution in [-0.4, -0.2) is 29.0 Å². The Morgan fingerprint density at radius 3 is 2.93 bits per heavy atom. The predicted octanol–water partition coefficient (Wildman–Crippen LogP) is 3.98. The number of aryl methyl sites for hydroxylation is 1. The number of aromatic nitrogens is 2. The van der Waals surface area contributed by atoms with E-state index in [4.69, 9.17) is 14.5 Å². The van der Waals surface area contributed by atoms with Crippen molar-refractivity contribution in [2.45, 2.75) is 45.6 Å². The highest BCUT2D eigenvalue weighted by Crippen LogP contribution is 2.42. The second-order valence-electron chi connectivity index (χ2n) is 7.49. The summed E-state index contributed by atoms with van der Waals surface area (Å²) in [6.45, 7) is 5.24. The van der Waals surface area contributed by atoms with E-state index < -0.39 is 0 Å². The maximum Gasteiger partial charge on any atom is 0.221 e. The van der Waals surface area contributed by atoms with Crippen LogP contribution in [0.3, 0.4) is 0 Å². The summed E-state index contributed by atoms with van der Waals surface area (Å²) >= 11 is 0. The van der Waals surface area contributed by atoms with Crippen molar-refractivity contribution in [3.05, 3.63) is 59.0 Å². The van der Waals surface area contributed by atoms with Crippen molar-refractivity contribution in [1.82, 2.24) is 14.7 Å². The zero-order valence-corrected chi connectivity index (χ0v) is 17.2. The maximum atomic E-state index is 12.5. The van der Waals surface area contributed by atoms with E-state index in [9.17, 15) is 4.79 Å². The molecule has 4 rings (SSSR count). The zero-order valence-electron chi connectivity index (χ0n) is 17.2. The normalized spacial score (nSPS) is 16.2. The quantitative estimate of drug-likeness (QED) is 0.644. The molecule has 1 amide bonds. The van der Waals surface area contributed by atoms with Gasteiger partial charge in [-0.1, -0.05) is 31.5 Å². The molecule has 1 unspecified atom stereocenters. The molecule has 1 atom stereocenters. The van der Waals surface area contributed by atoms with Gasteiger partial charge in [-0.2, -0.15) is 0 Å². The highest BCUT2D eigenvalue weighted by Gasteiger charge is 2.31. The number of carbonyl (C=O) groups excluding carboxylic acids is 1. The van der Waals surface area contributed by atoms with Gasteiger partial charge in [0.2, 0.25) is 5.91 Å². The van der Waals surface area contributed by atoms with E-state index in [1.807, 2.05) is 24.3 Å². The summed E-state index contributed by atoms with van der Waals surface area (Å²) in [6.07, 6.45) is 4.43. The first-order valence-electron chi connectivity index (χ1n) is 10.2. The van der Waals surface area contributed by atoms with Crippen LogP contribution in [0, 0.1) is 6.92 Å². The fraction of sp³-hybridized carbons (Fsp3) is 0.391. The minimum atomic E-state index is -0.170. The lowest BCUT2D eigenvalue weighted by atomic mass is 9.90. The average molecular weight is 393 g/mol. The Kier molecular flexibility index (Phi) is 5.43. The topological polar surface area (TPSA) is 64.9 Å². The Morgan fingerprint density at radius 2 is 2.14 bits per heavy atom. The van der Waals surface area contributed by atoms with Crippen molar-refractivity contribution in [3.63, 3.8) is 0 Å². The molecule has 0 fully saturated rings. The minimum Gasteiger partial charge on any atom is -0.493 e. The molecule has 0 spiro atoms. The molecule has 0 bridgehead atoms. The van der Waals surface area contributed by atoms with Gasteiger partial charge in [-0.25, -0.2) is 4.98 Å². The van der Waals surface area contributed by atoms with E-state index >= 15 is 0 Å². The molecule has 6 heteroatoms. The largest absolute Gasteiger partial charge is 0.493 e. The van der Waals surface area contributed by atoms with Crippen molar-refractivity contribution < 1.29 is 14.3 Å². The molecule has 29 heavy (non-hydrogen) atoms. The van der Waals surface area contributed by atoms with Crippen LogP contribution in [0.15, 0.2) is 36.5 Å². The average Bonchev–Trinajstić information content (AvgIpc) is 2.99. The van der Waals surface area contributed by atoms with Gasteiger partial charge in [-0.15, -0.1) is 0 Å². The second-order valence-corrected chi connectivity index (χ2v) is 7.49. The second kappa shape index (κ2) is 8.15. The number of methoxy groups -OCH3 is 1. The van der Waals surface area contributed by atoms with Gasteiger partial charge < -0.3 is 19.2 Å². The van der Waals surface area contributed by atoms with Gasteiger partial charge in [0.05, 0.1) is 31.6 Å². The summed E-state index contributed by atoms with van der Waals surface area (Å²) in [7, 11) is 1.65. The van der Waals surface area contributed by atoms with Crippen molar-refractivity contribution in [3.8, 4) is 11.5 Å². The molecule has 0 saturated heterocycles. The van der Waals surface area contributed by atoms with Crippen LogP contribution < -0.4 is 14.8 Å². The van der Waals surface area contributed by atoms with Crippen molar-refractivity contribution in [1.29, 1.82) is 0 Å². The number of benzene rings is 1. The third-order valence-electron chi connectivity index (χ3n) is 5.40. The lowest BCUT2D eigenvalue weighted by Crippen LogP contribution is -2.21. The molecule has 2 aromatic heterocycles. The first kappa shape index (κ1) is 19.3. The number of rotatable bonds is 6. The van der Waals surface area contributed by atoms with E-state index in [1.54, 1.807) is 7.11 Å². The molecular formula is C23H27N3O3. The number of para-hydroxylation sites is 1. The first-order chi connectivity index (χ1) is 14.1. The van der Waals surface area contributed by atoms with Crippen LogP contribution in [0.25, 0.3) is 5.65 Å². The van der Waals surface area contributed by atoms with E-state index in [1.165, 1.54) is 0 Å². The number of ether oxygens (including phenoxy) is 2. The van der Waals surface area contributed by atoms with E-state index in [0.717, 1.165) is 46.8 Å². The van der Waals surface area contributed by atoms with Gasteiger partial charge in [0.25, 0.3) is 0 Å². The summed E-state index contributed by atoms with van der Waals surface area (Å²) in [4.78, 5) is 17.3. The number of nitrogens with one attached hydrogen (secondary N) is 1. The van der Waals surface area contributed by atoms with Crippen molar-refractivity contribution in [2.75, 3.05) is 13.7 Å². The summed E-state index contributed by atoms with van der Waals surface area (Å²) < 4.78 is 13.9. The molecule has 0 radical (unpaired) electrons. The van der Waals surface area contributed by atoms with Crippen LogP contribution in [0.1, 0.15) is 54.6 Å². The summed E-state index contributed by atoms with van der Waals surface area (Å²) in [6, 6.07) is 9.97. The number of hydrogen-bond donors (Lipinski definition) is 1. The van der Waals surface area contributed by atoms with Gasteiger partial charge in [-0.3, -0.25) is 4.79 Å². The van der Waals surface area contributed by atoms with Crippen LogP contribution in [0.4, 0.5) is 0 Å². The number of unbranched alkanes of at least 4 members (excludes halogenated alkanes) is 1. The van der Waals surface area contributed by atoms with Crippen LogP contribution in [-0.2, 0) is 11.3 Å². The molecule has 1 aromatic carbocycles. The van der Waals surface area contributed by atoms with Crippen molar-refractivity contribution in [2.24, 2.45) is 0 Å². The number of amides is 1. The Morgan fingerprint density at radius 1 is 1.28 bits per heavy atom. The van der Waals surface area contributed by atoms with Crippen LogP contribution >= 0.6 is 0 Å².